The molecule has 0 radical (unpaired) electrons. The van der Waals surface area contributed by atoms with Crippen molar-refractivity contribution in [3.63, 3.8) is 0 Å². The standard InChI is InChI=1S/C23H30N4O3S/c1-6-19(17-9-7-16(2)8-10-17)25-23(28)14-13-22-24-20-15-18(31(29,30)26(3)4)11-12-21(20)27(22)5/h7-12,15,19H,6,13-14H2,1-5H3,(H,25,28). The Morgan fingerprint density at radius 1 is 1.16 bits per heavy atom. The number of hydrogen-bond acceptors (Lipinski definition) is 4. The maximum Gasteiger partial charge on any atom is 0.242 e. The molecule has 3 rings (SSSR count). The molecular weight excluding hydrogens is 412 g/mol. The Hall–Kier alpha value is -2.71. The van der Waals surface area contributed by atoms with Crippen LogP contribution in [-0.4, -0.2) is 42.3 Å². The summed E-state index contributed by atoms with van der Waals surface area (Å²) in [5.41, 5.74) is 3.72. The molecule has 166 valence electrons. The molecule has 0 saturated carbocycles. The van der Waals surface area contributed by atoms with Gasteiger partial charge in [0.2, 0.25) is 15.9 Å². The second-order valence-electron chi connectivity index (χ2n) is 7.96. The summed E-state index contributed by atoms with van der Waals surface area (Å²) in [6.07, 6.45) is 1.59. The zero-order chi connectivity index (χ0) is 22.8. The first kappa shape index (κ1) is 23.0. The lowest BCUT2D eigenvalue weighted by atomic mass is 10.0. The Kier molecular flexibility index (Phi) is 6.81. The summed E-state index contributed by atoms with van der Waals surface area (Å²) in [4.78, 5) is 17.4. The normalized spacial score (nSPS) is 13.0. The average molecular weight is 443 g/mol. The zero-order valence-corrected chi connectivity index (χ0v) is 19.5. The van der Waals surface area contributed by atoms with Crippen LogP contribution in [0.2, 0.25) is 0 Å². The van der Waals surface area contributed by atoms with Crippen LogP contribution in [-0.2, 0) is 28.3 Å². The monoisotopic (exact) mass is 442 g/mol. The van der Waals surface area contributed by atoms with E-state index in [1.165, 1.54) is 24.0 Å². The molecule has 0 spiro atoms. The summed E-state index contributed by atoms with van der Waals surface area (Å²) < 4.78 is 27.9. The Morgan fingerprint density at radius 2 is 1.84 bits per heavy atom. The van der Waals surface area contributed by atoms with Crippen molar-refractivity contribution in [2.24, 2.45) is 7.05 Å². The summed E-state index contributed by atoms with van der Waals surface area (Å²) in [7, 11) is 1.36. The van der Waals surface area contributed by atoms with E-state index in [0.717, 1.165) is 23.3 Å². The molecule has 0 saturated heterocycles. The maximum absolute atomic E-state index is 12.6. The van der Waals surface area contributed by atoms with E-state index in [1.54, 1.807) is 18.2 Å². The molecule has 7 nitrogen and oxygen atoms in total. The van der Waals surface area contributed by atoms with Crippen molar-refractivity contribution in [2.75, 3.05) is 14.1 Å². The highest BCUT2D eigenvalue weighted by Gasteiger charge is 2.19. The Labute approximate surface area is 184 Å². The van der Waals surface area contributed by atoms with Gasteiger partial charge in [0, 0.05) is 34.0 Å². The first-order valence-electron chi connectivity index (χ1n) is 10.4. The minimum Gasteiger partial charge on any atom is -0.349 e. The summed E-state index contributed by atoms with van der Waals surface area (Å²) in [5, 5.41) is 3.11. The molecule has 31 heavy (non-hydrogen) atoms. The molecule has 1 aromatic heterocycles. The summed E-state index contributed by atoms with van der Waals surface area (Å²) in [5.74, 6) is 0.711. The van der Waals surface area contributed by atoms with Crippen molar-refractivity contribution in [1.82, 2.24) is 19.2 Å². The van der Waals surface area contributed by atoms with Gasteiger partial charge in [-0.25, -0.2) is 17.7 Å². The topological polar surface area (TPSA) is 84.3 Å². The number of nitrogens with zero attached hydrogens (tertiary/aromatic N) is 3. The second kappa shape index (κ2) is 9.20. The van der Waals surface area contributed by atoms with E-state index in [0.29, 0.717) is 18.4 Å². The van der Waals surface area contributed by atoms with Crippen molar-refractivity contribution < 1.29 is 13.2 Å². The number of benzene rings is 2. The number of aromatic nitrogens is 2. The van der Waals surface area contributed by atoms with E-state index in [1.807, 2.05) is 30.7 Å². The Balaban J connectivity index is 1.72. The van der Waals surface area contributed by atoms with Gasteiger partial charge in [-0.2, -0.15) is 0 Å². The van der Waals surface area contributed by atoms with E-state index in [4.69, 9.17) is 0 Å². The predicted molar refractivity (Wildman–Crippen MR) is 122 cm³/mol. The van der Waals surface area contributed by atoms with Gasteiger partial charge in [-0.05, 0) is 37.1 Å². The maximum atomic E-state index is 12.6. The molecule has 1 unspecified atom stereocenters. The number of rotatable bonds is 8. The van der Waals surface area contributed by atoms with Crippen LogP contribution < -0.4 is 5.32 Å². The van der Waals surface area contributed by atoms with Crippen LogP contribution in [0.4, 0.5) is 0 Å². The third kappa shape index (κ3) is 4.97. The fourth-order valence-electron chi connectivity index (χ4n) is 3.54. The molecule has 0 aliphatic carbocycles. The van der Waals surface area contributed by atoms with E-state index in [2.05, 4.69) is 29.4 Å². The van der Waals surface area contributed by atoms with E-state index >= 15 is 0 Å². The smallest absolute Gasteiger partial charge is 0.242 e. The van der Waals surface area contributed by atoms with Gasteiger partial charge in [0.05, 0.1) is 22.0 Å². The number of nitrogens with one attached hydrogen (secondary N) is 1. The summed E-state index contributed by atoms with van der Waals surface area (Å²) >= 11 is 0. The average Bonchev–Trinajstić information content (AvgIpc) is 3.06. The van der Waals surface area contributed by atoms with E-state index in [-0.39, 0.29) is 16.8 Å². The molecule has 1 atom stereocenters. The van der Waals surface area contributed by atoms with Crippen LogP contribution >= 0.6 is 0 Å². The van der Waals surface area contributed by atoms with Crippen LogP contribution in [0, 0.1) is 6.92 Å². The molecule has 0 fully saturated rings. The van der Waals surface area contributed by atoms with Gasteiger partial charge in [0.1, 0.15) is 5.82 Å². The molecule has 3 aromatic rings. The largest absolute Gasteiger partial charge is 0.349 e. The third-order valence-corrected chi connectivity index (χ3v) is 7.33. The number of fused-ring (bicyclic) bond motifs is 1. The lowest BCUT2D eigenvalue weighted by Gasteiger charge is -2.17. The number of sulfonamides is 1. The molecule has 1 N–H and O–H groups in total. The van der Waals surface area contributed by atoms with E-state index < -0.39 is 10.0 Å². The van der Waals surface area contributed by atoms with Gasteiger partial charge < -0.3 is 9.88 Å². The number of amides is 1. The Bertz CT molecular complexity index is 1180. The van der Waals surface area contributed by atoms with Gasteiger partial charge in [0.15, 0.2) is 0 Å². The minimum absolute atomic E-state index is 0.0210. The molecule has 0 aliphatic rings. The molecule has 1 heterocycles. The van der Waals surface area contributed by atoms with Crippen molar-refractivity contribution in [3.8, 4) is 0 Å². The number of aryl methyl sites for hydroxylation is 3. The molecule has 1 amide bonds. The SMILES string of the molecule is CCC(NC(=O)CCc1nc2cc(S(=O)(=O)N(C)C)ccc2n1C)c1ccc(C)cc1. The minimum atomic E-state index is -3.52. The highest BCUT2D eigenvalue weighted by atomic mass is 32.2. The van der Waals surface area contributed by atoms with Gasteiger partial charge in [0.25, 0.3) is 0 Å². The van der Waals surface area contributed by atoms with E-state index in [9.17, 15) is 13.2 Å². The van der Waals surface area contributed by atoms with Crippen molar-refractivity contribution in [3.05, 3.63) is 59.4 Å². The van der Waals surface area contributed by atoms with Crippen molar-refractivity contribution >= 4 is 27.0 Å². The highest BCUT2D eigenvalue weighted by molar-refractivity contribution is 7.89. The van der Waals surface area contributed by atoms with Gasteiger partial charge >= 0.3 is 0 Å². The predicted octanol–water partition coefficient (Wildman–Crippen LogP) is 3.33. The quantitative estimate of drug-likeness (QED) is 0.580. The third-order valence-electron chi connectivity index (χ3n) is 5.52. The zero-order valence-electron chi connectivity index (χ0n) is 18.7. The fraction of sp³-hybridized carbons (Fsp3) is 0.391. The summed E-state index contributed by atoms with van der Waals surface area (Å²) in [6.45, 7) is 4.09. The molecule has 2 aromatic carbocycles. The lowest BCUT2D eigenvalue weighted by molar-refractivity contribution is -0.121. The lowest BCUT2D eigenvalue weighted by Crippen LogP contribution is -2.28. The molecular formula is C23H30N4O3S. The fourth-order valence-corrected chi connectivity index (χ4v) is 4.46. The Morgan fingerprint density at radius 3 is 2.45 bits per heavy atom. The van der Waals surface area contributed by atoms with Crippen LogP contribution in [0.25, 0.3) is 11.0 Å². The van der Waals surface area contributed by atoms with Gasteiger partial charge in [-0.1, -0.05) is 36.8 Å². The number of carbonyl (C=O) groups is 1. The number of imidazole rings is 1. The van der Waals surface area contributed by atoms with Crippen LogP contribution in [0.1, 0.15) is 42.8 Å². The van der Waals surface area contributed by atoms with Crippen LogP contribution in [0.15, 0.2) is 47.4 Å². The summed E-state index contributed by atoms with van der Waals surface area (Å²) in [6, 6.07) is 13.1. The van der Waals surface area contributed by atoms with Crippen LogP contribution in [0.5, 0.6) is 0 Å². The number of carbonyl (C=O) groups excluding carboxylic acids is 1. The highest BCUT2D eigenvalue weighted by Crippen LogP contribution is 2.22. The molecule has 0 aliphatic heterocycles. The van der Waals surface area contributed by atoms with Crippen molar-refractivity contribution in [2.45, 2.75) is 44.0 Å². The van der Waals surface area contributed by atoms with Crippen LogP contribution in [0.3, 0.4) is 0 Å². The first-order valence-corrected chi connectivity index (χ1v) is 11.8. The second-order valence-corrected chi connectivity index (χ2v) is 10.1. The van der Waals surface area contributed by atoms with Crippen molar-refractivity contribution in [1.29, 1.82) is 0 Å². The number of hydrogen-bond donors (Lipinski definition) is 1. The first-order chi connectivity index (χ1) is 14.6. The van der Waals surface area contributed by atoms with Gasteiger partial charge in [-0.15, -0.1) is 0 Å². The molecule has 8 heteroatoms. The molecule has 0 bridgehead atoms. The van der Waals surface area contributed by atoms with Gasteiger partial charge in [-0.3, -0.25) is 4.79 Å².